The zero-order valence-corrected chi connectivity index (χ0v) is 12.1. The van der Waals surface area contributed by atoms with E-state index in [1.54, 1.807) is 4.99 Å². The molecular weight excluding hydrogens is 298 g/mol. The standard InChI is InChI=1S/C13H18BrNO3/c1-2-5-12-9-16-13(17-10-12,6-3-4-7-14)18-11(12)8-15/h4,7,11H,2-3,5-6,9-10H2,1H3/b7-4-. The smallest absolute Gasteiger partial charge is 0.284 e. The highest BCUT2D eigenvalue weighted by Crippen LogP contribution is 2.47. The first kappa shape index (κ1) is 14.0. The maximum absolute atomic E-state index is 9.28. The highest BCUT2D eigenvalue weighted by atomic mass is 79.9. The zero-order chi connectivity index (χ0) is 13.1. The van der Waals surface area contributed by atoms with E-state index >= 15 is 0 Å². The highest BCUT2D eigenvalue weighted by Gasteiger charge is 2.57. The number of ether oxygens (including phenoxy) is 3. The van der Waals surface area contributed by atoms with E-state index in [2.05, 4.69) is 28.9 Å². The molecule has 0 aromatic rings. The molecule has 0 aromatic carbocycles. The molecule has 1 unspecified atom stereocenters. The summed E-state index contributed by atoms with van der Waals surface area (Å²) in [6.07, 6.45) is 4.82. The van der Waals surface area contributed by atoms with Crippen LogP contribution >= 0.6 is 15.9 Å². The number of nitriles is 1. The van der Waals surface area contributed by atoms with Crippen LogP contribution in [0.4, 0.5) is 0 Å². The summed E-state index contributed by atoms with van der Waals surface area (Å²) in [6, 6.07) is 2.27. The van der Waals surface area contributed by atoms with Gasteiger partial charge in [-0.25, -0.2) is 0 Å². The van der Waals surface area contributed by atoms with E-state index in [-0.39, 0.29) is 5.41 Å². The lowest BCUT2D eigenvalue weighted by Gasteiger charge is -2.54. The first-order chi connectivity index (χ1) is 8.70. The molecule has 3 aliphatic rings. The Morgan fingerprint density at radius 1 is 1.39 bits per heavy atom. The largest absolute Gasteiger partial charge is 0.327 e. The van der Waals surface area contributed by atoms with Crippen LogP contribution in [-0.2, 0) is 14.2 Å². The van der Waals surface area contributed by atoms with Crippen molar-refractivity contribution in [1.29, 1.82) is 5.26 Å². The molecule has 1 atom stereocenters. The molecule has 3 rings (SSSR count). The molecule has 3 fully saturated rings. The van der Waals surface area contributed by atoms with Gasteiger partial charge in [0, 0.05) is 6.42 Å². The Labute approximate surface area is 116 Å². The summed E-state index contributed by atoms with van der Waals surface area (Å²) < 4.78 is 17.3. The quantitative estimate of drug-likeness (QED) is 0.782. The number of fused-ring (bicyclic) bond motifs is 3. The van der Waals surface area contributed by atoms with E-state index < -0.39 is 12.1 Å². The van der Waals surface area contributed by atoms with Gasteiger partial charge in [-0.1, -0.05) is 35.4 Å². The van der Waals surface area contributed by atoms with Gasteiger partial charge in [0.05, 0.1) is 24.7 Å². The van der Waals surface area contributed by atoms with E-state index in [4.69, 9.17) is 14.2 Å². The summed E-state index contributed by atoms with van der Waals surface area (Å²) in [6.45, 7) is 3.20. The molecule has 0 aliphatic carbocycles. The normalized spacial score (nSPS) is 39.1. The van der Waals surface area contributed by atoms with Gasteiger partial charge in [0.15, 0.2) is 6.10 Å². The van der Waals surface area contributed by atoms with E-state index in [1.807, 2.05) is 6.08 Å². The lowest BCUT2D eigenvalue weighted by atomic mass is 9.78. The Balaban J connectivity index is 2.07. The van der Waals surface area contributed by atoms with E-state index in [1.165, 1.54) is 0 Å². The van der Waals surface area contributed by atoms with Crippen LogP contribution < -0.4 is 0 Å². The second-order valence-corrected chi connectivity index (χ2v) is 5.43. The van der Waals surface area contributed by atoms with Gasteiger partial charge in [-0.2, -0.15) is 5.26 Å². The summed E-state index contributed by atoms with van der Waals surface area (Å²) in [5, 5.41) is 9.28. The van der Waals surface area contributed by atoms with Crippen molar-refractivity contribution in [2.45, 2.75) is 44.7 Å². The summed E-state index contributed by atoms with van der Waals surface area (Å²) in [5.41, 5.74) is -0.281. The first-order valence-corrected chi connectivity index (χ1v) is 7.22. The molecule has 3 aliphatic heterocycles. The Hall–Kier alpha value is -0.410. The molecule has 3 saturated heterocycles. The van der Waals surface area contributed by atoms with Gasteiger partial charge in [0.2, 0.25) is 0 Å². The fourth-order valence-corrected chi connectivity index (χ4v) is 2.84. The molecular formula is C13H18BrNO3. The maximum atomic E-state index is 9.28. The van der Waals surface area contributed by atoms with Gasteiger partial charge < -0.3 is 14.2 Å². The van der Waals surface area contributed by atoms with Gasteiger partial charge >= 0.3 is 0 Å². The molecule has 0 spiro atoms. The molecule has 0 saturated carbocycles. The number of hydrogen-bond donors (Lipinski definition) is 0. The predicted octanol–water partition coefficient (Wildman–Crippen LogP) is 3.08. The first-order valence-electron chi connectivity index (χ1n) is 6.31. The van der Waals surface area contributed by atoms with E-state index in [0.29, 0.717) is 19.6 Å². The topological polar surface area (TPSA) is 51.5 Å². The highest BCUT2D eigenvalue weighted by molar-refractivity contribution is 9.11. The molecule has 5 heteroatoms. The molecule has 2 bridgehead atoms. The van der Waals surface area contributed by atoms with Gasteiger partial charge in [-0.05, 0) is 17.8 Å². The number of hydrogen-bond acceptors (Lipinski definition) is 4. The third-order valence-corrected chi connectivity index (χ3v) is 3.96. The molecule has 0 aromatic heterocycles. The third-order valence-electron chi connectivity index (χ3n) is 3.58. The zero-order valence-electron chi connectivity index (χ0n) is 10.5. The Bertz CT molecular complexity index is 356. The van der Waals surface area contributed by atoms with Crippen LogP contribution in [0.1, 0.15) is 32.6 Å². The Morgan fingerprint density at radius 2 is 2.11 bits per heavy atom. The van der Waals surface area contributed by atoms with Crippen LogP contribution in [0.2, 0.25) is 0 Å². The summed E-state index contributed by atoms with van der Waals surface area (Å²) in [7, 11) is 0. The SMILES string of the molecule is CCCC12COC(CC/C=C\Br)(OC1)OC2C#N. The minimum absolute atomic E-state index is 0.281. The summed E-state index contributed by atoms with van der Waals surface area (Å²) in [4.78, 5) is 1.80. The minimum atomic E-state index is -1.01. The lowest BCUT2D eigenvalue weighted by Crippen LogP contribution is -2.64. The van der Waals surface area contributed by atoms with Crippen LogP contribution in [0.15, 0.2) is 11.1 Å². The average molecular weight is 316 g/mol. The lowest BCUT2D eigenvalue weighted by molar-refractivity contribution is -0.482. The van der Waals surface area contributed by atoms with Crippen molar-refractivity contribution in [2.75, 3.05) is 13.2 Å². The van der Waals surface area contributed by atoms with Crippen molar-refractivity contribution in [2.24, 2.45) is 5.41 Å². The second-order valence-electron chi connectivity index (χ2n) is 4.90. The molecule has 0 amide bonds. The number of nitrogens with zero attached hydrogens (tertiary/aromatic N) is 1. The summed E-state index contributed by atoms with van der Waals surface area (Å²) in [5.74, 6) is -1.01. The van der Waals surface area contributed by atoms with Gasteiger partial charge in [-0.3, -0.25) is 0 Å². The van der Waals surface area contributed by atoms with E-state index in [9.17, 15) is 5.26 Å². The molecule has 0 N–H and O–H groups in total. The molecule has 100 valence electrons. The van der Waals surface area contributed by atoms with Gasteiger partial charge in [0.25, 0.3) is 5.97 Å². The fraction of sp³-hybridized carbons (Fsp3) is 0.769. The van der Waals surface area contributed by atoms with Crippen molar-refractivity contribution < 1.29 is 14.2 Å². The van der Waals surface area contributed by atoms with Crippen molar-refractivity contribution in [3.8, 4) is 6.07 Å². The molecule has 0 radical (unpaired) electrons. The average Bonchev–Trinajstić information content (AvgIpc) is 2.41. The van der Waals surface area contributed by atoms with Crippen molar-refractivity contribution >= 4 is 15.9 Å². The van der Waals surface area contributed by atoms with Crippen molar-refractivity contribution in [3.05, 3.63) is 11.1 Å². The van der Waals surface area contributed by atoms with Crippen LogP contribution in [0.3, 0.4) is 0 Å². The molecule has 3 heterocycles. The van der Waals surface area contributed by atoms with Gasteiger partial charge in [-0.15, -0.1) is 0 Å². The van der Waals surface area contributed by atoms with Crippen molar-refractivity contribution in [3.63, 3.8) is 0 Å². The maximum Gasteiger partial charge on any atom is 0.284 e. The molecule has 4 nitrogen and oxygen atoms in total. The monoisotopic (exact) mass is 315 g/mol. The number of halogens is 1. The molecule has 18 heavy (non-hydrogen) atoms. The number of rotatable bonds is 5. The Kier molecular flexibility index (Phi) is 4.44. The second kappa shape index (κ2) is 5.70. The van der Waals surface area contributed by atoms with Crippen molar-refractivity contribution in [1.82, 2.24) is 0 Å². The van der Waals surface area contributed by atoms with Crippen LogP contribution in [-0.4, -0.2) is 25.3 Å². The minimum Gasteiger partial charge on any atom is -0.327 e. The fourth-order valence-electron chi connectivity index (χ4n) is 2.58. The predicted molar refractivity (Wildman–Crippen MR) is 69.8 cm³/mol. The van der Waals surface area contributed by atoms with Crippen LogP contribution in [0, 0.1) is 16.7 Å². The van der Waals surface area contributed by atoms with Gasteiger partial charge in [0.1, 0.15) is 0 Å². The summed E-state index contributed by atoms with van der Waals surface area (Å²) >= 11 is 3.22. The van der Waals surface area contributed by atoms with Crippen LogP contribution in [0.5, 0.6) is 0 Å². The third kappa shape index (κ3) is 2.48. The van der Waals surface area contributed by atoms with E-state index in [0.717, 1.165) is 19.3 Å². The Morgan fingerprint density at radius 3 is 2.67 bits per heavy atom. The van der Waals surface area contributed by atoms with Crippen LogP contribution in [0.25, 0.3) is 0 Å². The number of allylic oxidation sites excluding steroid dienone is 1.